The van der Waals surface area contributed by atoms with E-state index in [-0.39, 0.29) is 23.5 Å². The summed E-state index contributed by atoms with van der Waals surface area (Å²) < 4.78 is 67.5. The average Bonchev–Trinajstić information content (AvgIpc) is 3.26. The Labute approximate surface area is 210 Å². The monoisotopic (exact) mass is 523 g/mol. The lowest BCUT2D eigenvalue weighted by Crippen LogP contribution is -2.40. The number of anilines is 2. The van der Waals surface area contributed by atoms with E-state index in [9.17, 15) is 26.4 Å². The molecule has 0 spiro atoms. The number of amides is 1. The maximum atomic E-state index is 13.1. The fraction of sp³-hybridized carbons (Fsp3) is 0.500. The first kappa shape index (κ1) is 26.5. The van der Waals surface area contributed by atoms with Gasteiger partial charge in [0.15, 0.2) is 0 Å². The topological polar surface area (TPSA) is 78.5 Å². The second-order valence-corrected chi connectivity index (χ2v) is 11.5. The molecule has 10 heteroatoms. The molecule has 0 aromatic heterocycles. The van der Waals surface area contributed by atoms with Gasteiger partial charge in [0.2, 0.25) is 0 Å². The number of halogens is 3. The van der Waals surface area contributed by atoms with Crippen LogP contribution in [0.3, 0.4) is 0 Å². The summed E-state index contributed by atoms with van der Waals surface area (Å²) >= 11 is 0. The van der Waals surface area contributed by atoms with E-state index < -0.39 is 22.1 Å². The van der Waals surface area contributed by atoms with Crippen molar-refractivity contribution in [1.29, 1.82) is 0 Å². The van der Waals surface area contributed by atoms with E-state index in [0.29, 0.717) is 28.7 Å². The zero-order chi connectivity index (χ0) is 25.9. The lowest BCUT2D eigenvalue weighted by molar-refractivity contribution is -0.170. The third-order valence-corrected chi connectivity index (χ3v) is 8.42. The number of hydrogen-bond donors (Lipinski definition) is 2. The van der Waals surface area contributed by atoms with Gasteiger partial charge in [0.05, 0.1) is 10.6 Å². The Morgan fingerprint density at radius 1 is 1.11 bits per heavy atom. The molecule has 2 aromatic carbocycles. The number of alkyl halides is 3. The number of nitrogens with zero attached hydrogens (tertiary/aromatic N) is 1. The van der Waals surface area contributed by atoms with Crippen LogP contribution >= 0.6 is 0 Å². The Morgan fingerprint density at radius 3 is 2.56 bits per heavy atom. The largest absolute Gasteiger partial charge is 0.471 e. The summed E-state index contributed by atoms with van der Waals surface area (Å²) in [5.74, 6) is -1.22. The van der Waals surface area contributed by atoms with Gasteiger partial charge in [-0.05, 0) is 61.1 Å². The van der Waals surface area contributed by atoms with Crippen molar-refractivity contribution in [1.82, 2.24) is 5.32 Å². The fourth-order valence-corrected chi connectivity index (χ4v) is 6.33. The van der Waals surface area contributed by atoms with Crippen LogP contribution in [0.5, 0.6) is 0 Å². The first-order valence-electron chi connectivity index (χ1n) is 12.4. The summed E-state index contributed by atoms with van der Waals surface area (Å²) in [6, 6.07) is 11.3. The van der Waals surface area contributed by atoms with Crippen LogP contribution in [0.1, 0.15) is 56.6 Å². The number of para-hydroxylation sites is 1. The maximum absolute atomic E-state index is 13.1. The molecular formula is C26H32F3N3O3S. The molecule has 0 saturated heterocycles. The van der Waals surface area contributed by atoms with Crippen LogP contribution in [0.2, 0.25) is 0 Å². The third kappa shape index (κ3) is 6.21. The molecule has 1 unspecified atom stereocenters. The minimum Gasteiger partial charge on any atom is -0.310 e. The Balaban J connectivity index is 1.44. The highest BCUT2D eigenvalue weighted by molar-refractivity contribution is 7.92. The third-order valence-electron chi connectivity index (χ3n) is 7.06. The second-order valence-electron chi connectivity index (χ2n) is 9.78. The van der Waals surface area contributed by atoms with Crippen molar-refractivity contribution in [2.24, 2.45) is 5.92 Å². The van der Waals surface area contributed by atoms with Gasteiger partial charge in [-0.1, -0.05) is 50.3 Å². The molecule has 1 aliphatic carbocycles. The fourth-order valence-electron chi connectivity index (χ4n) is 5.18. The molecule has 1 saturated carbocycles. The zero-order valence-corrected chi connectivity index (χ0v) is 21.1. The summed E-state index contributed by atoms with van der Waals surface area (Å²) in [7, 11) is -3.99. The molecule has 1 fully saturated rings. The minimum absolute atomic E-state index is 0.0593. The van der Waals surface area contributed by atoms with E-state index in [1.54, 1.807) is 12.1 Å². The van der Waals surface area contributed by atoms with E-state index in [2.05, 4.69) is 17.0 Å². The van der Waals surface area contributed by atoms with Gasteiger partial charge in [-0.15, -0.1) is 0 Å². The van der Waals surface area contributed by atoms with Crippen LogP contribution in [0, 0.1) is 5.92 Å². The quantitative estimate of drug-likeness (QED) is 0.487. The van der Waals surface area contributed by atoms with Crippen LogP contribution < -0.4 is 14.9 Å². The van der Waals surface area contributed by atoms with Crippen molar-refractivity contribution >= 4 is 27.3 Å². The molecule has 0 radical (unpaired) electrons. The Morgan fingerprint density at radius 2 is 1.83 bits per heavy atom. The predicted octanol–water partition coefficient (Wildman–Crippen LogP) is 5.39. The van der Waals surface area contributed by atoms with E-state index >= 15 is 0 Å². The van der Waals surface area contributed by atoms with E-state index in [4.69, 9.17) is 0 Å². The Bertz CT molecular complexity index is 1190. The summed E-state index contributed by atoms with van der Waals surface area (Å²) in [5, 5.41) is 3.51. The highest BCUT2D eigenvalue weighted by Gasteiger charge is 2.44. The Kier molecular flexibility index (Phi) is 7.94. The van der Waals surface area contributed by atoms with Crippen molar-refractivity contribution in [3.05, 3.63) is 53.6 Å². The molecule has 2 N–H and O–H groups in total. The van der Waals surface area contributed by atoms with Crippen molar-refractivity contribution in [2.75, 3.05) is 16.2 Å². The van der Waals surface area contributed by atoms with Gasteiger partial charge in [0.25, 0.3) is 10.0 Å². The number of fused-ring (bicyclic) bond motifs is 1. The predicted molar refractivity (Wildman–Crippen MR) is 133 cm³/mol. The standard InChI is InChI=1S/C26H32F3N3O3S/c1-18(15-19-7-3-2-4-8-19)30-17-21-9-5-6-10-23(21)31-36(34,35)22-11-12-24-20(16-22)13-14-32(24)25(33)26(27,28)29/h5-6,9-12,16,18-19,30-31H,2-4,7-8,13-15,17H2,1H3. The smallest absolute Gasteiger partial charge is 0.310 e. The molecule has 1 atom stereocenters. The number of carbonyl (C=O) groups excluding carboxylic acids is 1. The van der Waals surface area contributed by atoms with Gasteiger partial charge in [-0.25, -0.2) is 8.42 Å². The molecular weight excluding hydrogens is 491 g/mol. The molecule has 1 amide bonds. The van der Waals surface area contributed by atoms with Gasteiger partial charge in [0.1, 0.15) is 0 Å². The van der Waals surface area contributed by atoms with Crippen molar-refractivity contribution < 1.29 is 26.4 Å². The van der Waals surface area contributed by atoms with Crippen LogP contribution in [0.25, 0.3) is 0 Å². The number of nitrogens with one attached hydrogen (secondary N) is 2. The SMILES string of the molecule is CC(CC1CCCCC1)NCc1ccccc1NS(=O)(=O)c1ccc2c(c1)CCN2C(=O)C(F)(F)F. The lowest BCUT2D eigenvalue weighted by atomic mass is 9.85. The first-order chi connectivity index (χ1) is 17.0. The zero-order valence-electron chi connectivity index (χ0n) is 20.3. The highest BCUT2D eigenvalue weighted by atomic mass is 32.2. The van der Waals surface area contributed by atoms with Crippen molar-refractivity contribution in [3.8, 4) is 0 Å². The maximum Gasteiger partial charge on any atom is 0.471 e. The Hall–Kier alpha value is -2.59. The summed E-state index contributed by atoms with van der Waals surface area (Å²) in [6.07, 6.45) is 2.70. The molecule has 6 nitrogen and oxygen atoms in total. The van der Waals surface area contributed by atoms with Gasteiger partial charge in [-0.3, -0.25) is 9.52 Å². The number of sulfonamides is 1. The summed E-state index contributed by atoms with van der Waals surface area (Å²) in [5.41, 5.74) is 1.73. The molecule has 1 heterocycles. The second kappa shape index (κ2) is 10.8. The van der Waals surface area contributed by atoms with Crippen LogP contribution in [0.4, 0.5) is 24.5 Å². The van der Waals surface area contributed by atoms with Crippen LogP contribution in [0.15, 0.2) is 47.4 Å². The number of rotatable bonds is 8. The number of benzene rings is 2. The normalized spacial score (nSPS) is 17.6. The minimum atomic E-state index is -4.99. The van der Waals surface area contributed by atoms with Gasteiger partial charge in [-0.2, -0.15) is 13.2 Å². The molecule has 196 valence electrons. The number of hydrogen-bond acceptors (Lipinski definition) is 4. The van der Waals surface area contributed by atoms with Gasteiger partial charge < -0.3 is 10.2 Å². The molecule has 36 heavy (non-hydrogen) atoms. The first-order valence-corrected chi connectivity index (χ1v) is 13.9. The average molecular weight is 524 g/mol. The molecule has 2 aromatic rings. The van der Waals surface area contributed by atoms with Gasteiger partial charge >= 0.3 is 12.1 Å². The summed E-state index contributed by atoms with van der Waals surface area (Å²) in [6.45, 7) is 2.52. The van der Waals surface area contributed by atoms with Crippen molar-refractivity contribution in [2.45, 2.75) is 75.5 Å². The van der Waals surface area contributed by atoms with Crippen molar-refractivity contribution in [3.63, 3.8) is 0 Å². The van der Waals surface area contributed by atoms with E-state index in [1.807, 2.05) is 12.1 Å². The highest BCUT2D eigenvalue weighted by Crippen LogP contribution is 2.34. The molecule has 2 aliphatic rings. The van der Waals surface area contributed by atoms with Gasteiger partial charge in [0, 0.05) is 24.8 Å². The van der Waals surface area contributed by atoms with E-state index in [1.165, 1.54) is 50.3 Å². The summed E-state index contributed by atoms with van der Waals surface area (Å²) in [4.78, 5) is 12.3. The lowest BCUT2D eigenvalue weighted by Gasteiger charge is -2.25. The van der Waals surface area contributed by atoms with Crippen LogP contribution in [-0.4, -0.2) is 33.1 Å². The number of carbonyl (C=O) groups is 1. The molecule has 4 rings (SSSR count). The van der Waals surface area contributed by atoms with E-state index in [0.717, 1.165) is 17.9 Å². The molecule has 1 aliphatic heterocycles. The van der Waals surface area contributed by atoms with Crippen LogP contribution in [-0.2, 0) is 27.8 Å². The molecule has 0 bridgehead atoms.